The average Bonchev–Trinajstić information content (AvgIpc) is 2.95. The Hall–Kier alpha value is -1.40. The third kappa shape index (κ3) is 2.96. The van der Waals surface area contributed by atoms with Crippen molar-refractivity contribution in [3.8, 4) is 0 Å². The average molecular weight is 293 g/mol. The second-order valence-corrected chi connectivity index (χ2v) is 6.45. The first-order valence-corrected chi connectivity index (χ1v) is 7.64. The summed E-state index contributed by atoms with van der Waals surface area (Å²) in [5.74, 6) is 1.30. The molecule has 6 heteroatoms. The molecule has 2 fully saturated rings. The monoisotopic (exact) mass is 293 g/mol. The molecule has 2 aliphatic heterocycles. The maximum Gasteiger partial charge on any atom is 0.273 e. The number of rotatable bonds is 4. The van der Waals surface area contributed by atoms with Crippen LogP contribution in [0.25, 0.3) is 0 Å². The minimum Gasteiger partial charge on any atom is -0.380 e. The van der Waals surface area contributed by atoms with E-state index in [4.69, 9.17) is 9.26 Å². The van der Waals surface area contributed by atoms with Crippen LogP contribution in [0.3, 0.4) is 0 Å². The maximum absolute atomic E-state index is 12.3. The van der Waals surface area contributed by atoms with E-state index in [9.17, 15) is 4.79 Å². The Balaban J connectivity index is 1.59. The number of nitrogens with zero attached hydrogens (tertiary/aromatic N) is 2. The van der Waals surface area contributed by atoms with Gasteiger partial charge in [0.15, 0.2) is 5.69 Å². The molecule has 1 aromatic heterocycles. The van der Waals surface area contributed by atoms with Gasteiger partial charge in [-0.05, 0) is 19.8 Å². The first kappa shape index (κ1) is 14.5. The van der Waals surface area contributed by atoms with Crippen molar-refractivity contribution in [1.29, 1.82) is 0 Å². The molecule has 0 aromatic carbocycles. The molecule has 116 valence electrons. The van der Waals surface area contributed by atoms with Crippen molar-refractivity contribution < 1.29 is 14.1 Å². The number of nitrogens with one attached hydrogen (secondary N) is 1. The summed E-state index contributed by atoms with van der Waals surface area (Å²) >= 11 is 0. The Morgan fingerprint density at radius 1 is 1.43 bits per heavy atom. The highest BCUT2D eigenvalue weighted by molar-refractivity contribution is 5.92. The number of ether oxygens (including phenoxy) is 1. The lowest BCUT2D eigenvalue weighted by Crippen LogP contribution is -2.40. The number of likely N-dealkylation sites (tertiary alicyclic amines) is 1. The van der Waals surface area contributed by atoms with Crippen LogP contribution in [-0.2, 0) is 4.74 Å². The van der Waals surface area contributed by atoms with Crippen LogP contribution in [0.15, 0.2) is 10.6 Å². The summed E-state index contributed by atoms with van der Waals surface area (Å²) < 4.78 is 10.4. The topological polar surface area (TPSA) is 67.6 Å². The zero-order chi connectivity index (χ0) is 15.0. The molecule has 0 bridgehead atoms. The molecule has 1 aromatic rings. The summed E-state index contributed by atoms with van der Waals surface area (Å²) in [6, 6.07) is 2.42. The number of amides is 1. The highest BCUT2D eigenvalue weighted by Gasteiger charge is 2.33. The number of hydrogen-bond acceptors (Lipinski definition) is 5. The molecule has 3 rings (SSSR count). The number of carbonyl (C=O) groups excluding carboxylic acids is 1. The molecule has 2 unspecified atom stereocenters. The van der Waals surface area contributed by atoms with Crippen LogP contribution in [-0.4, -0.2) is 54.4 Å². The summed E-state index contributed by atoms with van der Waals surface area (Å²) in [5, 5.41) is 6.97. The van der Waals surface area contributed by atoms with E-state index in [1.54, 1.807) is 6.07 Å². The number of aromatic nitrogens is 1. The van der Waals surface area contributed by atoms with Crippen LogP contribution >= 0.6 is 0 Å². The Morgan fingerprint density at radius 2 is 2.19 bits per heavy atom. The molecule has 0 saturated carbocycles. The molecule has 2 saturated heterocycles. The predicted octanol–water partition coefficient (Wildman–Crippen LogP) is 1.25. The lowest BCUT2D eigenvalue weighted by molar-refractivity contribution is -0.00228. The summed E-state index contributed by atoms with van der Waals surface area (Å²) in [6.07, 6.45) is 0. The van der Waals surface area contributed by atoms with Gasteiger partial charge in [0.1, 0.15) is 5.76 Å². The van der Waals surface area contributed by atoms with Crippen LogP contribution in [0.1, 0.15) is 42.9 Å². The summed E-state index contributed by atoms with van der Waals surface area (Å²) in [4.78, 5) is 14.7. The van der Waals surface area contributed by atoms with Crippen molar-refractivity contribution in [3.05, 3.63) is 17.5 Å². The van der Waals surface area contributed by atoms with Gasteiger partial charge in [-0.1, -0.05) is 12.1 Å². The Labute approximate surface area is 124 Å². The van der Waals surface area contributed by atoms with Crippen LogP contribution in [0.4, 0.5) is 0 Å². The first-order valence-electron chi connectivity index (χ1n) is 7.64. The van der Waals surface area contributed by atoms with Crippen molar-refractivity contribution in [2.75, 3.05) is 26.3 Å². The van der Waals surface area contributed by atoms with Crippen LogP contribution in [0, 0.1) is 5.92 Å². The fourth-order valence-electron chi connectivity index (χ4n) is 2.84. The standard InChI is InChI=1S/C15H23N3O3/c1-9(2)18-5-10(3)13(6-18)16-15(19)12-4-14(21-17-12)11-7-20-8-11/h4,9-11,13H,5-8H2,1-3H3,(H,16,19). The van der Waals surface area contributed by atoms with Crippen molar-refractivity contribution in [1.82, 2.24) is 15.4 Å². The minimum absolute atomic E-state index is 0.146. The van der Waals surface area contributed by atoms with Crippen molar-refractivity contribution in [2.45, 2.75) is 38.8 Å². The third-order valence-electron chi connectivity index (χ3n) is 4.49. The fraction of sp³-hybridized carbons (Fsp3) is 0.733. The van der Waals surface area contributed by atoms with E-state index < -0.39 is 0 Å². The molecule has 0 radical (unpaired) electrons. The molecule has 0 spiro atoms. The zero-order valence-corrected chi connectivity index (χ0v) is 12.8. The van der Waals surface area contributed by atoms with E-state index in [0.29, 0.717) is 30.9 Å². The SMILES string of the molecule is CC1CN(C(C)C)CC1NC(=O)c1cc(C2COC2)on1. The van der Waals surface area contributed by atoms with Gasteiger partial charge >= 0.3 is 0 Å². The van der Waals surface area contributed by atoms with Gasteiger partial charge < -0.3 is 14.6 Å². The van der Waals surface area contributed by atoms with E-state index in [0.717, 1.165) is 18.8 Å². The smallest absolute Gasteiger partial charge is 0.273 e. The van der Waals surface area contributed by atoms with Gasteiger partial charge in [0, 0.05) is 31.2 Å². The molecule has 1 N–H and O–H groups in total. The number of hydrogen-bond donors (Lipinski definition) is 1. The third-order valence-corrected chi connectivity index (χ3v) is 4.49. The summed E-state index contributed by atoms with van der Waals surface area (Å²) in [6.45, 7) is 9.76. The Kier molecular flexibility index (Phi) is 3.99. The second-order valence-electron chi connectivity index (χ2n) is 6.45. The van der Waals surface area contributed by atoms with Gasteiger partial charge in [-0.3, -0.25) is 9.69 Å². The van der Waals surface area contributed by atoms with Crippen LogP contribution in [0.5, 0.6) is 0 Å². The van der Waals surface area contributed by atoms with Gasteiger partial charge in [-0.15, -0.1) is 0 Å². The normalized spacial score (nSPS) is 27.0. The Morgan fingerprint density at radius 3 is 2.76 bits per heavy atom. The highest BCUT2D eigenvalue weighted by Crippen LogP contribution is 2.24. The van der Waals surface area contributed by atoms with Gasteiger partial charge in [-0.2, -0.15) is 0 Å². The lowest BCUT2D eigenvalue weighted by atomic mass is 10.0. The largest absolute Gasteiger partial charge is 0.380 e. The van der Waals surface area contributed by atoms with Crippen LogP contribution < -0.4 is 5.32 Å². The van der Waals surface area contributed by atoms with E-state index >= 15 is 0 Å². The van der Waals surface area contributed by atoms with E-state index in [1.807, 2.05) is 0 Å². The second kappa shape index (κ2) is 5.77. The van der Waals surface area contributed by atoms with Gasteiger partial charge in [0.25, 0.3) is 5.91 Å². The first-order chi connectivity index (χ1) is 10.0. The molecule has 21 heavy (non-hydrogen) atoms. The molecule has 6 nitrogen and oxygen atoms in total. The van der Waals surface area contributed by atoms with Gasteiger partial charge in [0.2, 0.25) is 0 Å². The molecular weight excluding hydrogens is 270 g/mol. The van der Waals surface area contributed by atoms with Gasteiger partial charge in [0.05, 0.1) is 19.1 Å². The molecule has 1 amide bonds. The zero-order valence-electron chi connectivity index (χ0n) is 12.8. The predicted molar refractivity (Wildman–Crippen MR) is 77.2 cm³/mol. The molecular formula is C15H23N3O3. The summed E-state index contributed by atoms with van der Waals surface area (Å²) in [5.41, 5.74) is 0.368. The number of carbonyl (C=O) groups is 1. The van der Waals surface area contributed by atoms with Crippen LogP contribution in [0.2, 0.25) is 0 Å². The fourth-order valence-corrected chi connectivity index (χ4v) is 2.84. The van der Waals surface area contributed by atoms with Crippen molar-refractivity contribution in [3.63, 3.8) is 0 Å². The van der Waals surface area contributed by atoms with Crippen molar-refractivity contribution in [2.24, 2.45) is 5.92 Å². The maximum atomic E-state index is 12.3. The molecule has 0 aliphatic carbocycles. The highest BCUT2D eigenvalue weighted by atomic mass is 16.5. The molecule has 3 heterocycles. The van der Waals surface area contributed by atoms with Crippen molar-refractivity contribution >= 4 is 5.91 Å². The van der Waals surface area contributed by atoms with E-state index in [1.165, 1.54) is 0 Å². The minimum atomic E-state index is -0.146. The van der Waals surface area contributed by atoms with E-state index in [-0.39, 0.29) is 17.9 Å². The lowest BCUT2D eigenvalue weighted by Gasteiger charge is -2.22. The van der Waals surface area contributed by atoms with Gasteiger partial charge in [-0.25, -0.2) is 0 Å². The molecule has 2 aliphatic rings. The quantitative estimate of drug-likeness (QED) is 0.905. The van der Waals surface area contributed by atoms with E-state index in [2.05, 4.69) is 36.1 Å². The Bertz CT molecular complexity index is 510. The summed E-state index contributed by atoms with van der Waals surface area (Å²) in [7, 11) is 0. The molecule has 2 atom stereocenters.